The van der Waals surface area contributed by atoms with Crippen LogP contribution in [0.15, 0.2) is 84.9 Å². The molecule has 4 aromatic carbocycles. The maximum atomic E-state index is 12.8. The predicted molar refractivity (Wildman–Crippen MR) is 139 cm³/mol. The number of hydrogen-bond acceptors (Lipinski definition) is 4. The number of aryl methyl sites for hydroxylation is 1. The van der Waals surface area contributed by atoms with Crippen molar-refractivity contribution in [3.05, 3.63) is 102 Å². The molecular formula is C29H28N2O4. The Kier molecular flexibility index (Phi) is 7.75. The molecule has 0 radical (unpaired) electrons. The standard InChI is InChI=1S/C29H28N2O4/c1-3-34-16-17-35-26-14-11-22(12-15-26)28(32)31-27-19-25(13-8-20(27)2)30-29(33)24-10-9-21-6-4-5-7-23(21)18-24/h4-15,18-19H,3,16-17H2,1-2H3,(H,30,33)(H,31,32). The summed E-state index contributed by atoms with van der Waals surface area (Å²) in [6, 6.07) is 25.9. The average Bonchev–Trinajstić information content (AvgIpc) is 2.88. The normalized spacial score (nSPS) is 10.7. The van der Waals surface area contributed by atoms with Crippen LogP contribution in [0, 0.1) is 6.92 Å². The van der Waals surface area contributed by atoms with Crippen molar-refractivity contribution in [2.45, 2.75) is 13.8 Å². The predicted octanol–water partition coefficient (Wildman–Crippen LogP) is 6.07. The third kappa shape index (κ3) is 6.25. The number of anilines is 2. The van der Waals surface area contributed by atoms with Crippen molar-refractivity contribution in [1.82, 2.24) is 0 Å². The minimum Gasteiger partial charge on any atom is -0.491 e. The second kappa shape index (κ2) is 11.3. The van der Waals surface area contributed by atoms with Crippen molar-refractivity contribution in [3.8, 4) is 5.75 Å². The fourth-order valence-electron chi connectivity index (χ4n) is 3.63. The van der Waals surface area contributed by atoms with Gasteiger partial charge in [0, 0.05) is 29.1 Å². The lowest BCUT2D eigenvalue weighted by Gasteiger charge is -2.12. The summed E-state index contributed by atoms with van der Waals surface area (Å²) < 4.78 is 10.9. The van der Waals surface area contributed by atoms with Crippen LogP contribution in [0.2, 0.25) is 0 Å². The first-order valence-corrected chi connectivity index (χ1v) is 11.6. The maximum absolute atomic E-state index is 12.8. The van der Waals surface area contributed by atoms with Gasteiger partial charge in [0.25, 0.3) is 11.8 Å². The molecule has 0 bridgehead atoms. The smallest absolute Gasteiger partial charge is 0.255 e. The second-order valence-corrected chi connectivity index (χ2v) is 8.07. The van der Waals surface area contributed by atoms with Crippen LogP contribution in [0.25, 0.3) is 10.8 Å². The number of fused-ring (bicyclic) bond motifs is 1. The van der Waals surface area contributed by atoms with E-state index in [0.29, 0.717) is 48.1 Å². The molecule has 0 aliphatic rings. The molecule has 0 heterocycles. The Labute approximate surface area is 204 Å². The zero-order chi connectivity index (χ0) is 24.6. The van der Waals surface area contributed by atoms with Gasteiger partial charge in [-0.25, -0.2) is 0 Å². The minimum absolute atomic E-state index is 0.211. The van der Waals surface area contributed by atoms with E-state index >= 15 is 0 Å². The van der Waals surface area contributed by atoms with Crippen molar-refractivity contribution in [3.63, 3.8) is 0 Å². The van der Waals surface area contributed by atoms with Crippen LogP contribution in [-0.4, -0.2) is 31.6 Å². The van der Waals surface area contributed by atoms with E-state index in [1.807, 2.05) is 62.4 Å². The van der Waals surface area contributed by atoms with Gasteiger partial charge in [-0.2, -0.15) is 0 Å². The van der Waals surface area contributed by atoms with E-state index in [9.17, 15) is 9.59 Å². The van der Waals surface area contributed by atoms with E-state index in [-0.39, 0.29) is 11.8 Å². The molecule has 0 atom stereocenters. The number of carbonyl (C=O) groups excluding carboxylic acids is 2. The van der Waals surface area contributed by atoms with Crippen molar-refractivity contribution in [1.29, 1.82) is 0 Å². The summed E-state index contributed by atoms with van der Waals surface area (Å²) in [7, 11) is 0. The third-order valence-electron chi connectivity index (χ3n) is 5.57. The van der Waals surface area contributed by atoms with Gasteiger partial charge in [-0.05, 0) is 78.7 Å². The molecule has 2 N–H and O–H groups in total. The Bertz CT molecular complexity index is 1330. The summed E-state index contributed by atoms with van der Waals surface area (Å²) in [5, 5.41) is 7.94. The number of rotatable bonds is 9. The van der Waals surface area contributed by atoms with Crippen LogP contribution in [-0.2, 0) is 4.74 Å². The Morgan fingerprint density at radius 2 is 1.46 bits per heavy atom. The van der Waals surface area contributed by atoms with E-state index in [1.54, 1.807) is 36.4 Å². The van der Waals surface area contributed by atoms with Gasteiger partial charge in [-0.15, -0.1) is 0 Å². The monoisotopic (exact) mass is 468 g/mol. The van der Waals surface area contributed by atoms with Gasteiger partial charge in [0.2, 0.25) is 0 Å². The first-order valence-electron chi connectivity index (χ1n) is 11.6. The molecule has 0 unspecified atom stereocenters. The molecule has 0 saturated carbocycles. The van der Waals surface area contributed by atoms with Crippen LogP contribution in [0.3, 0.4) is 0 Å². The topological polar surface area (TPSA) is 76.7 Å². The number of ether oxygens (including phenoxy) is 2. The number of nitrogens with one attached hydrogen (secondary N) is 2. The molecule has 4 rings (SSSR count). The highest BCUT2D eigenvalue weighted by Gasteiger charge is 2.11. The van der Waals surface area contributed by atoms with E-state index in [2.05, 4.69) is 10.6 Å². The highest BCUT2D eigenvalue weighted by atomic mass is 16.5. The molecule has 0 fully saturated rings. The van der Waals surface area contributed by atoms with Crippen LogP contribution in [0.1, 0.15) is 33.2 Å². The molecule has 0 aliphatic heterocycles. The molecular weight excluding hydrogens is 440 g/mol. The molecule has 6 heteroatoms. The van der Waals surface area contributed by atoms with E-state index in [4.69, 9.17) is 9.47 Å². The molecule has 6 nitrogen and oxygen atoms in total. The highest BCUT2D eigenvalue weighted by molar-refractivity contribution is 6.08. The largest absolute Gasteiger partial charge is 0.491 e. The lowest BCUT2D eigenvalue weighted by molar-refractivity contribution is 0.101. The summed E-state index contributed by atoms with van der Waals surface area (Å²) >= 11 is 0. The van der Waals surface area contributed by atoms with Crippen LogP contribution in [0.4, 0.5) is 11.4 Å². The Morgan fingerprint density at radius 3 is 2.23 bits per heavy atom. The summed E-state index contributed by atoms with van der Waals surface area (Å²) in [5.74, 6) is 0.222. The van der Waals surface area contributed by atoms with Gasteiger partial charge in [0.05, 0.1) is 6.61 Å². The average molecular weight is 469 g/mol. The molecule has 4 aromatic rings. The van der Waals surface area contributed by atoms with Gasteiger partial charge in [-0.3, -0.25) is 9.59 Å². The zero-order valence-electron chi connectivity index (χ0n) is 19.8. The van der Waals surface area contributed by atoms with Crippen LogP contribution in [0.5, 0.6) is 5.75 Å². The van der Waals surface area contributed by atoms with E-state index in [0.717, 1.165) is 16.3 Å². The van der Waals surface area contributed by atoms with Gasteiger partial charge < -0.3 is 20.1 Å². The number of benzene rings is 4. The number of carbonyl (C=O) groups is 2. The summed E-state index contributed by atoms with van der Waals surface area (Å²) in [4.78, 5) is 25.6. The summed E-state index contributed by atoms with van der Waals surface area (Å²) in [5.41, 5.74) is 3.19. The van der Waals surface area contributed by atoms with Gasteiger partial charge in [0.1, 0.15) is 12.4 Å². The van der Waals surface area contributed by atoms with E-state index in [1.165, 1.54) is 0 Å². The molecule has 35 heavy (non-hydrogen) atoms. The van der Waals surface area contributed by atoms with Crippen molar-refractivity contribution < 1.29 is 19.1 Å². The first kappa shape index (κ1) is 24.0. The molecule has 0 aliphatic carbocycles. The first-order chi connectivity index (χ1) is 17.0. The quantitative estimate of drug-likeness (QED) is 0.292. The molecule has 178 valence electrons. The van der Waals surface area contributed by atoms with Gasteiger partial charge in [0.15, 0.2) is 0 Å². The summed E-state index contributed by atoms with van der Waals surface area (Å²) in [6.45, 7) is 5.46. The molecule has 0 saturated heterocycles. The lowest BCUT2D eigenvalue weighted by atomic mass is 10.1. The molecule has 2 amide bonds. The maximum Gasteiger partial charge on any atom is 0.255 e. The van der Waals surface area contributed by atoms with Gasteiger partial charge >= 0.3 is 0 Å². The lowest BCUT2D eigenvalue weighted by Crippen LogP contribution is -2.15. The van der Waals surface area contributed by atoms with Crippen molar-refractivity contribution in [2.75, 3.05) is 30.5 Å². The van der Waals surface area contributed by atoms with Crippen molar-refractivity contribution in [2.24, 2.45) is 0 Å². The van der Waals surface area contributed by atoms with Crippen LogP contribution < -0.4 is 15.4 Å². The number of amides is 2. The fourth-order valence-corrected chi connectivity index (χ4v) is 3.63. The third-order valence-corrected chi connectivity index (χ3v) is 5.57. The Balaban J connectivity index is 1.41. The Hall–Kier alpha value is -4.16. The van der Waals surface area contributed by atoms with Gasteiger partial charge in [-0.1, -0.05) is 36.4 Å². The van der Waals surface area contributed by atoms with Crippen LogP contribution >= 0.6 is 0 Å². The fraction of sp³-hybridized carbons (Fsp3) is 0.172. The highest BCUT2D eigenvalue weighted by Crippen LogP contribution is 2.23. The SMILES string of the molecule is CCOCCOc1ccc(C(=O)Nc2cc(NC(=O)c3ccc4ccccc4c3)ccc2C)cc1. The zero-order valence-corrected chi connectivity index (χ0v) is 19.8. The minimum atomic E-state index is -0.244. The molecule has 0 aromatic heterocycles. The summed E-state index contributed by atoms with van der Waals surface area (Å²) in [6.07, 6.45) is 0. The Morgan fingerprint density at radius 1 is 0.743 bits per heavy atom. The second-order valence-electron chi connectivity index (χ2n) is 8.07. The molecule has 0 spiro atoms. The number of hydrogen-bond donors (Lipinski definition) is 2. The van der Waals surface area contributed by atoms with Crippen molar-refractivity contribution >= 4 is 34.0 Å². The van der Waals surface area contributed by atoms with E-state index < -0.39 is 0 Å².